The van der Waals surface area contributed by atoms with Gasteiger partial charge in [-0.05, 0) is 43.2 Å². The third kappa shape index (κ3) is 4.73. The minimum absolute atomic E-state index is 0.715. The van der Waals surface area contributed by atoms with Crippen molar-refractivity contribution in [3.63, 3.8) is 0 Å². The highest BCUT2D eigenvalue weighted by atomic mass is 16.5. The van der Waals surface area contributed by atoms with E-state index < -0.39 is 0 Å². The lowest BCUT2D eigenvalue weighted by molar-refractivity contribution is 0.309. The Hall–Kier alpha value is -2.53. The van der Waals surface area contributed by atoms with Gasteiger partial charge in [0, 0.05) is 18.7 Å². The van der Waals surface area contributed by atoms with Crippen LogP contribution in [0.2, 0.25) is 0 Å². The molecule has 2 N–H and O–H groups in total. The number of ether oxygens (including phenoxy) is 1. The number of H-pyrrole nitrogens is 1. The van der Waals surface area contributed by atoms with Crippen LogP contribution in [0, 0.1) is 6.92 Å². The Morgan fingerprint density at radius 1 is 1.20 bits per heavy atom. The number of rotatable bonds is 9. The van der Waals surface area contributed by atoms with Crippen molar-refractivity contribution in [2.45, 2.75) is 39.8 Å². The zero-order valence-corrected chi connectivity index (χ0v) is 14.8. The van der Waals surface area contributed by atoms with Gasteiger partial charge in [0.25, 0.3) is 0 Å². The first-order chi connectivity index (χ1) is 12.3. The zero-order chi connectivity index (χ0) is 17.5. The van der Waals surface area contributed by atoms with Crippen LogP contribution in [0.15, 0.2) is 47.0 Å². The summed E-state index contributed by atoms with van der Waals surface area (Å²) in [5, 5.41) is 10.6. The molecule has 25 heavy (non-hydrogen) atoms. The summed E-state index contributed by atoms with van der Waals surface area (Å²) in [5.74, 6) is 2.64. The van der Waals surface area contributed by atoms with Crippen molar-refractivity contribution in [1.82, 2.24) is 15.5 Å². The average Bonchev–Trinajstić information content (AvgIpc) is 3.24. The van der Waals surface area contributed by atoms with Crippen molar-refractivity contribution >= 4 is 0 Å². The topological polar surface area (TPSA) is 63.1 Å². The van der Waals surface area contributed by atoms with E-state index in [9.17, 15) is 0 Å². The molecule has 0 aliphatic rings. The summed E-state index contributed by atoms with van der Waals surface area (Å²) in [6, 6.07) is 12.2. The molecule has 0 bridgehead atoms. The normalized spacial score (nSPS) is 11.0. The van der Waals surface area contributed by atoms with Gasteiger partial charge in [-0.3, -0.25) is 5.10 Å². The molecule has 0 saturated carbocycles. The predicted octanol–water partition coefficient (Wildman–Crippen LogP) is 4.45. The average molecular weight is 339 g/mol. The van der Waals surface area contributed by atoms with Crippen LogP contribution in [0.1, 0.15) is 36.7 Å². The first-order valence-electron chi connectivity index (χ1n) is 8.77. The molecular weight excluding hydrogens is 314 g/mol. The van der Waals surface area contributed by atoms with Gasteiger partial charge in [0.2, 0.25) is 0 Å². The van der Waals surface area contributed by atoms with E-state index >= 15 is 0 Å². The van der Waals surface area contributed by atoms with Crippen LogP contribution in [0.25, 0.3) is 11.5 Å². The van der Waals surface area contributed by atoms with Gasteiger partial charge >= 0.3 is 0 Å². The number of aryl methyl sites for hydroxylation is 1. The second kappa shape index (κ2) is 8.53. The lowest BCUT2D eigenvalue weighted by Gasteiger charge is -2.08. The summed E-state index contributed by atoms with van der Waals surface area (Å²) in [5.41, 5.74) is 3.22. The van der Waals surface area contributed by atoms with E-state index in [0.717, 1.165) is 54.5 Å². The molecule has 0 radical (unpaired) electrons. The molecule has 2 heterocycles. The summed E-state index contributed by atoms with van der Waals surface area (Å²) < 4.78 is 11.4. The smallest absolute Gasteiger partial charge is 0.152 e. The van der Waals surface area contributed by atoms with Crippen LogP contribution >= 0.6 is 0 Å². The molecule has 0 spiro atoms. The quantitative estimate of drug-likeness (QED) is 0.566. The maximum atomic E-state index is 5.76. The van der Waals surface area contributed by atoms with E-state index in [2.05, 4.69) is 34.6 Å². The van der Waals surface area contributed by atoms with Crippen molar-refractivity contribution in [2.75, 3.05) is 6.61 Å². The van der Waals surface area contributed by atoms with Gasteiger partial charge in [0.15, 0.2) is 5.76 Å². The first-order valence-corrected chi connectivity index (χ1v) is 8.77. The number of unbranched alkanes of at least 4 members (excludes halogenated alkanes) is 1. The molecule has 0 fully saturated rings. The van der Waals surface area contributed by atoms with Crippen molar-refractivity contribution in [3.05, 3.63) is 59.5 Å². The molecule has 0 aliphatic carbocycles. The molecule has 0 aliphatic heterocycles. The van der Waals surface area contributed by atoms with Crippen molar-refractivity contribution < 1.29 is 9.15 Å². The van der Waals surface area contributed by atoms with E-state index in [1.54, 1.807) is 0 Å². The fourth-order valence-electron chi connectivity index (χ4n) is 2.65. The highest BCUT2D eigenvalue weighted by molar-refractivity contribution is 5.56. The number of hydrogen-bond donors (Lipinski definition) is 2. The first kappa shape index (κ1) is 17.3. The molecule has 3 rings (SSSR count). The van der Waals surface area contributed by atoms with Crippen LogP contribution < -0.4 is 10.1 Å². The number of nitrogens with zero attached hydrogens (tertiary/aromatic N) is 1. The van der Waals surface area contributed by atoms with Gasteiger partial charge in [0.1, 0.15) is 17.2 Å². The Labute approximate surface area is 148 Å². The summed E-state index contributed by atoms with van der Waals surface area (Å²) in [6.07, 6.45) is 4.06. The number of benzene rings is 1. The SMILES string of the molecule is CCCCOc1cccc(CNCc2cn[nH]c2-c2ccc(C)o2)c1. The Morgan fingerprint density at radius 2 is 2.12 bits per heavy atom. The second-order valence-electron chi connectivity index (χ2n) is 6.13. The van der Waals surface area contributed by atoms with Gasteiger partial charge < -0.3 is 14.5 Å². The molecule has 132 valence electrons. The maximum absolute atomic E-state index is 5.76. The van der Waals surface area contributed by atoms with Gasteiger partial charge in [-0.25, -0.2) is 0 Å². The van der Waals surface area contributed by atoms with Crippen molar-refractivity contribution in [2.24, 2.45) is 0 Å². The largest absolute Gasteiger partial charge is 0.494 e. The third-order valence-corrected chi connectivity index (χ3v) is 4.01. The van der Waals surface area contributed by atoms with Gasteiger partial charge in [-0.1, -0.05) is 25.5 Å². The summed E-state index contributed by atoms with van der Waals surface area (Å²) in [4.78, 5) is 0. The van der Waals surface area contributed by atoms with Crippen molar-refractivity contribution in [1.29, 1.82) is 0 Å². The van der Waals surface area contributed by atoms with Gasteiger partial charge in [-0.15, -0.1) is 0 Å². The van der Waals surface area contributed by atoms with Crippen LogP contribution in [-0.4, -0.2) is 16.8 Å². The summed E-state index contributed by atoms with van der Waals surface area (Å²) in [7, 11) is 0. The monoisotopic (exact) mass is 339 g/mol. The lowest BCUT2D eigenvalue weighted by atomic mass is 10.2. The number of hydrogen-bond acceptors (Lipinski definition) is 4. The molecule has 0 atom stereocenters. The Bertz CT molecular complexity index is 792. The van der Waals surface area contributed by atoms with E-state index in [-0.39, 0.29) is 0 Å². The molecule has 0 unspecified atom stereocenters. The van der Waals surface area contributed by atoms with Crippen LogP contribution in [-0.2, 0) is 13.1 Å². The van der Waals surface area contributed by atoms with Crippen LogP contribution in [0.5, 0.6) is 5.75 Å². The minimum atomic E-state index is 0.715. The zero-order valence-electron chi connectivity index (χ0n) is 14.8. The van der Waals surface area contributed by atoms with E-state index in [1.165, 1.54) is 5.56 Å². The Morgan fingerprint density at radius 3 is 2.92 bits per heavy atom. The summed E-state index contributed by atoms with van der Waals surface area (Å²) >= 11 is 0. The van der Waals surface area contributed by atoms with E-state index in [1.807, 2.05) is 37.4 Å². The minimum Gasteiger partial charge on any atom is -0.494 e. The Kier molecular flexibility index (Phi) is 5.90. The van der Waals surface area contributed by atoms with E-state index in [4.69, 9.17) is 9.15 Å². The fraction of sp³-hybridized carbons (Fsp3) is 0.350. The molecular formula is C20H25N3O2. The highest BCUT2D eigenvalue weighted by Crippen LogP contribution is 2.23. The molecule has 3 aromatic rings. The number of nitrogens with one attached hydrogen (secondary N) is 2. The molecule has 1 aromatic carbocycles. The molecule has 0 saturated heterocycles. The Balaban J connectivity index is 1.55. The van der Waals surface area contributed by atoms with Gasteiger partial charge in [-0.2, -0.15) is 5.10 Å². The molecule has 2 aromatic heterocycles. The van der Waals surface area contributed by atoms with Gasteiger partial charge in [0.05, 0.1) is 12.8 Å². The summed E-state index contributed by atoms with van der Waals surface area (Å²) in [6.45, 7) is 6.36. The fourth-order valence-corrected chi connectivity index (χ4v) is 2.65. The van der Waals surface area contributed by atoms with Crippen LogP contribution in [0.3, 0.4) is 0 Å². The molecule has 0 amide bonds. The maximum Gasteiger partial charge on any atom is 0.152 e. The molecule has 5 nitrogen and oxygen atoms in total. The lowest BCUT2D eigenvalue weighted by Crippen LogP contribution is -2.13. The molecule has 5 heteroatoms. The van der Waals surface area contributed by atoms with Crippen LogP contribution in [0.4, 0.5) is 0 Å². The third-order valence-electron chi connectivity index (χ3n) is 4.01. The van der Waals surface area contributed by atoms with Crippen molar-refractivity contribution in [3.8, 4) is 17.2 Å². The van der Waals surface area contributed by atoms with E-state index in [0.29, 0.717) is 6.54 Å². The number of furan rings is 1. The predicted molar refractivity (Wildman–Crippen MR) is 98.4 cm³/mol. The highest BCUT2D eigenvalue weighted by Gasteiger charge is 2.10. The second-order valence-corrected chi connectivity index (χ2v) is 6.13. The standard InChI is InChI=1S/C20H25N3O2/c1-3-4-10-24-18-7-5-6-16(11-18)12-21-13-17-14-22-23-20(17)19-9-8-15(2)25-19/h5-9,11,14,21H,3-4,10,12-13H2,1-2H3,(H,22,23). The number of aromatic amines is 1. The number of aromatic nitrogens is 2.